The molecule has 1 N–H and O–H groups in total. The smallest absolute Gasteiger partial charge is 0.236 e. The molecule has 4 rings (SSSR count). The van der Waals surface area contributed by atoms with Crippen LogP contribution in [0.1, 0.15) is 21.9 Å². The van der Waals surface area contributed by atoms with Gasteiger partial charge in [0.25, 0.3) is 0 Å². The number of hydrogen-bond acceptors (Lipinski definition) is 5. The molecule has 0 radical (unpaired) electrons. The van der Waals surface area contributed by atoms with E-state index in [4.69, 9.17) is 4.52 Å². The summed E-state index contributed by atoms with van der Waals surface area (Å²) in [6, 6.07) is 11.8. The molecule has 0 saturated heterocycles. The number of carbonyl (C=O) groups excluding carboxylic acids is 1. The van der Waals surface area contributed by atoms with Gasteiger partial charge in [-0.05, 0) is 42.3 Å². The lowest BCUT2D eigenvalue weighted by Crippen LogP contribution is -2.11. The average Bonchev–Trinajstić information content (AvgIpc) is 2.93. The van der Waals surface area contributed by atoms with Crippen molar-refractivity contribution < 1.29 is 9.32 Å². The number of benzene rings is 1. The van der Waals surface area contributed by atoms with Crippen molar-refractivity contribution in [3.05, 3.63) is 63.8 Å². The lowest BCUT2D eigenvalue weighted by Gasteiger charge is -2.17. The molecule has 1 aromatic carbocycles. The first-order valence-corrected chi connectivity index (χ1v) is 9.56. The maximum Gasteiger partial charge on any atom is 0.236 e. The first kappa shape index (κ1) is 16.4. The van der Waals surface area contributed by atoms with E-state index in [9.17, 15) is 4.79 Å². The molecular weight excluding hydrogens is 402 g/mol. The molecule has 0 bridgehead atoms. The van der Waals surface area contributed by atoms with Crippen LogP contribution in [0.15, 0.2) is 51.6 Å². The van der Waals surface area contributed by atoms with Crippen molar-refractivity contribution in [3.63, 3.8) is 0 Å². The summed E-state index contributed by atoms with van der Waals surface area (Å²) in [6.45, 7) is 2.06. The normalized spacial score (nSPS) is 16.9. The minimum atomic E-state index is -0.0905. The van der Waals surface area contributed by atoms with E-state index in [0.717, 1.165) is 26.9 Å². The van der Waals surface area contributed by atoms with Crippen molar-refractivity contribution in [2.75, 3.05) is 11.1 Å². The predicted molar refractivity (Wildman–Crippen MR) is 102 cm³/mol. The topological polar surface area (TPSA) is 68.0 Å². The van der Waals surface area contributed by atoms with Crippen LogP contribution in [0.2, 0.25) is 0 Å². The number of aryl methyl sites for hydroxylation is 1. The zero-order valence-electron chi connectivity index (χ0n) is 13.3. The Bertz CT molecular complexity index is 943. The van der Waals surface area contributed by atoms with Crippen molar-refractivity contribution in [2.45, 2.75) is 12.2 Å². The standard InChI is InChI=1S/C18H14BrN3O2S/c1-10-8-11(19)5-6-12(10)17-15-16(13-4-2-3-7-20-13)22-24-18(15)21-14(23)9-25-17/h2-8,17H,9H2,1H3,(H,21,23). The summed E-state index contributed by atoms with van der Waals surface area (Å²) in [5.74, 6) is 0.668. The minimum Gasteiger partial charge on any atom is -0.337 e. The number of aromatic nitrogens is 2. The molecule has 126 valence electrons. The number of nitrogens with zero attached hydrogens (tertiary/aromatic N) is 2. The molecule has 0 saturated carbocycles. The van der Waals surface area contributed by atoms with E-state index in [1.807, 2.05) is 24.3 Å². The molecule has 0 fully saturated rings. The molecule has 1 aliphatic rings. The highest BCUT2D eigenvalue weighted by molar-refractivity contribution is 9.10. The van der Waals surface area contributed by atoms with Crippen molar-refractivity contribution in [1.29, 1.82) is 0 Å². The molecule has 3 heterocycles. The van der Waals surface area contributed by atoms with E-state index in [0.29, 0.717) is 17.3 Å². The van der Waals surface area contributed by atoms with Gasteiger partial charge in [0.15, 0.2) is 0 Å². The number of hydrogen-bond donors (Lipinski definition) is 1. The molecule has 1 aliphatic heterocycles. The molecule has 0 spiro atoms. The fourth-order valence-electron chi connectivity index (χ4n) is 2.90. The van der Waals surface area contributed by atoms with Crippen molar-refractivity contribution in [3.8, 4) is 11.4 Å². The number of fused-ring (bicyclic) bond motifs is 1. The zero-order valence-corrected chi connectivity index (χ0v) is 15.7. The number of nitrogens with one attached hydrogen (secondary N) is 1. The summed E-state index contributed by atoms with van der Waals surface area (Å²) in [6.07, 6.45) is 1.72. The maximum absolute atomic E-state index is 12.1. The second-order valence-corrected chi connectivity index (χ2v) is 7.74. The Morgan fingerprint density at radius 3 is 2.96 bits per heavy atom. The molecule has 5 nitrogen and oxygen atoms in total. The first-order chi connectivity index (χ1) is 12.1. The van der Waals surface area contributed by atoms with Gasteiger partial charge in [-0.25, -0.2) is 0 Å². The number of rotatable bonds is 2. The molecule has 25 heavy (non-hydrogen) atoms. The third-order valence-electron chi connectivity index (χ3n) is 4.05. The molecule has 1 unspecified atom stereocenters. The van der Waals surface area contributed by atoms with Gasteiger partial charge in [-0.1, -0.05) is 33.2 Å². The third-order valence-corrected chi connectivity index (χ3v) is 5.79. The van der Waals surface area contributed by atoms with Gasteiger partial charge in [0, 0.05) is 10.7 Å². The van der Waals surface area contributed by atoms with Crippen LogP contribution in [0.5, 0.6) is 0 Å². The molecule has 0 aliphatic carbocycles. The van der Waals surface area contributed by atoms with Crippen molar-refractivity contribution in [2.24, 2.45) is 0 Å². The Balaban J connectivity index is 1.90. The number of anilines is 1. The van der Waals surface area contributed by atoms with Crippen molar-refractivity contribution in [1.82, 2.24) is 10.1 Å². The Hall–Kier alpha value is -2.12. The highest BCUT2D eigenvalue weighted by atomic mass is 79.9. The number of amides is 1. The third kappa shape index (κ3) is 3.09. The minimum absolute atomic E-state index is 0.0645. The SMILES string of the molecule is Cc1cc(Br)ccc1C1SCC(=O)Nc2onc(-c3ccccn3)c21. The largest absolute Gasteiger partial charge is 0.337 e. The molecule has 2 aromatic heterocycles. The Kier molecular flexibility index (Phi) is 4.35. The summed E-state index contributed by atoms with van der Waals surface area (Å²) in [5, 5.41) is 6.94. The maximum atomic E-state index is 12.1. The number of pyridine rings is 1. The van der Waals surface area contributed by atoms with Crippen LogP contribution in [-0.2, 0) is 4.79 Å². The lowest BCUT2D eigenvalue weighted by molar-refractivity contribution is -0.113. The molecule has 1 atom stereocenters. The molecule has 7 heteroatoms. The Morgan fingerprint density at radius 1 is 1.32 bits per heavy atom. The highest BCUT2D eigenvalue weighted by Gasteiger charge is 2.32. The summed E-state index contributed by atoms with van der Waals surface area (Å²) in [7, 11) is 0. The van der Waals surface area contributed by atoms with Gasteiger partial charge in [0.1, 0.15) is 5.69 Å². The summed E-state index contributed by atoms with van der Waals surface area (Å²) in [5.41, 5.74) is 4.52. The first-order valence-electron chi connectivity index (χ1n) is 7.72. The van der Waals surface area contributed by atoms with E-state index in [1.54, 1.807) is 18.0 Å². The second kappa shape index (κ2) is 6.65. The second-order valence-electron chi connectivity index (χ2n) is 5.73. The Labute approximate surface area is 157 Å². The monoisotopic (exact) mass is 415 g/mol. The average molecular weight is 416 g/mol. The van der Waals surface area contributed by atoms with Crippen LogP contribution in [-0.4, -0.2) is 21.8 Å². The quantitative estimate of drug-likeness (QED) is 0.662. The number of carbonyl (C=O) groups is 1. The van der Waals surface area contributed by atoms with E-state index in [2.05, 4.69) is 50.4 Å². The predicted octanol–water partition coefficient (Wildman–Crippen LogP) is 4.58. The lowest BCUT2D eigenvalue weighted by atomic mass is 9.98. The van der Waals surface area contributed by atoms with Crippen LogP contribution in [0.4, 0.5) is 5.88 Å². The van der Waals surface area contributed by atoms with E-state index >= 15 is 0 Å². The van der Waals surface area contributed by atoms with Gasteiger partial charge < -0.3 is 4.52 Å². The van der Waals surface area contributed by atoms with E-state index in [-0.39, 0.29) is 11.2 Å². The molecular formula is C18H14BrN3O2S. The van der Waals surface area contributed by atoms with Crippen LogP contribution in [0, 0.1) is 6.92 Å². The Morgan fingerprint density at radius 2 is 2.20 bits per heavy atom. The van der Waals surface area contributed by atoms with Gasteiger partial charge in [-0.2, -0.15) is 0 Å². The van der Waals surface area contributed by atoms with Crippen LogP contribution in [0.3, 0.4) is 0 Å². The van der Waals surface area contributed by atoms with E-state index in [1.165, 1.54) is 0 Å². The number of halogens is 1. The summed E-state index contributed by atoms with van der Waals surface area (Å²) >= 11 is 5.07. The van der Waals surface area contributed by atoms with Gasteiger partial charge in [0.05, 0.1) is 22.3 Å². The number of thioether (sulfide) groups is 1. The van der Waals surface area contributed by atoms with Gasteiger partial charge in [0.2, 0.25) is 11.8 Å². The molecule has 1 amide bonds. The van der Waals surface area contributed by atoms with Gasteiger partial charge in [-0.3, -0.25) is 15.1 Å². The van der Waals surface area contributed by atoms with Gasteiger partial charge in [-0.15, -0.1) is 11.8 Å². The van der Waals surface area contributed by atoms with Crippen LogP contribution in [0.25, 0.3) is 11.4 Å². The molecule has 3 aromatic rings. The summed E-state index contributed by atoms with van der Waals surface area (Å²) in [4.78, 5) is 16.5. The van der Waals surface area contributed by atoms with E-state index < -0.39 is 0 Å². The van der Waals surface area contributed by atoms with Gasteiger partial charge >= 0.3 is 0 Å². The fourth-order valence-corrected chi connectivity index (χ4v) is 4.60. The fraction of sp³-hybridized carbons (Fsp3) is 0.167. The van der Waals surface area contributed by atoms with Crippen LogP contribution >= 0.6 is 27.7 Å². The summed E-state index contributed by atoms with van der Waals surface area (Å²) < 4.78 is 6.49. The van der Waals surface area contributed by atoms with Crippen LogP contribution < -0.4 is 5.32 Å². The van der Waals surface area contributed by atoms with Crippen molar-refractivity contribution >= 4 is 39.5 Å². The highest BCUT2D eigenvalue weighted by Crippen LogP contribution is 2.46. The zero-order chi connectivity index (χ0) is 17.4.